The highest BCUT2D eigenvalue weighted by molar-refractivity contribution is 5.50. The zero-order chi connectivity index (χ0) is 13.9. The lowest BCUT2D eigenvalue weighted by Gasteiger charge is -2.31. The minimum Gasteiger partial charge on any atom is -0.336 e. The first kappa shape index (κ1) is 12.6. The number of nitrogens with zero attached hydrogens (tertiary/aromatic N) is 6. The second-order valence-corrected chi connectivity index (χ2v) is 4.73. The van der Waals surface area contributed by atoms with Crippen LogP contribution in [0.1, 0.15) is 5.56 Å². The van der Waals surface area contributed by atoms with Gasteiger partial charge in [0.15, 0.2) is 0 Å². The third kappa shape index (κ3) is 2.46. The zero-order valence-corrected chi connectivity index (χ0v) is 11.2. The number of hydrogen-bond acceptors (Lipinski definition) is 7. The van der Waals surface area contributed by atoms with E-state index in [-0.39, 0.29) is 0 Å². The Balaban J connectivity index is 1.77. The Kier molecular flexibility index (Phi) is 3.31. The number of pyridine rings is 1. The third-order valence-corrected chi connectivity index (χ3v) is 3.31. The minimum absolute atomic E-state index is 0.378. The van der Waals surface area contributed by atoms with Crippen LogP contribution >= 0.6 is 0 Å². The van der Waals surface area contributed by atoms with Gasteiger partial charge < -0.3 is 14.3 Å². The van der Waals surface area contributed by atoms with Crippen LogP contribution in [0.25, 0.3) is 11.6 Å². The second-order valence-electron chi connectivity index (χ2n) is 4.73. The molecule has 2 aromatic rings. The van der Waals surface area contributed by atoms with Crippen LogP contribution in [-0.2, 0) is 0 Å². The Morgan fingerprint density at radius 1 is 1.25 bits per heavy atom. The SMILES string of the molecule is CN1CCN(c2noc(-c3ccc(C#N)cn3)n2)CC1. The Labute approximate surface area is 116 Å². The summed E-state index contributed by atoms with van der Waals surface area (Å²) in [7, 11) is 2.10. The molecule has 102 valence electrons. The quantitative estimate of drug-likeness (QED) is 0.796. The van der Waals surface area contributed by atoms with Crippen LogP contribution in [0.15, 0.2) is 22.9 Å². The van der Waals surface area contributed by atoms with Gasteiger partial charge in [0.05, 0.1) is 5.56 Å². The van der Waals surface area contributed by atoms with E-state index in [9.17, 15) is 0 Å². The first-order valence-electron chi connectivity index (χ1n) is 6.40. The molecule has 1 aliphatic rings. The summed E-state index contributed by atoms with van der Waals surface area (Å²) in [4.78, 5) is 12.9. The number of nitriles is 1. The maximum atomic E-state index is 8.74. The molecular formula is C13H14N6O. The van der Waals surface area contributed by atoms with E-state index in [2.05, 4.69) is 32.0 Å². The standard InChI is InChI=1S/C13H14N6O/c1-18-4-6-19(7-5-18)13-16-12(20-17-13)11-3-2-10(8-14)9-15-11/h2-3,9H,4-7H2,1H3. The lowest BCUT2D eigenvalue weighted by molar-refractivity contribution is 0.309. The number of piperazine rings is 1. The van der Waals surface area contributed by atoms with Crippen LogP contribution in [-0.4, -0.2) is 53.3 Å². The summed E-state index contributed by atoms with van der Waals surface area (Å²) in [5, 5.41) is 12.7. The van der Waals surface area contributed by atoms with Crippen LogP contribution in [0.2, 0.25) is 0 Å². The molecule has 7 heteroatoms. The summed E-state index contributed by atoms with van der Waals surface area (Å²) >= 11 is 0. The third-order valence-electron chi connectivity index (χ3n) is 3.31. The molecule has 2 aromatic heterocycles. The van der Waals surface area contributed by atoms with E-state index < -0.39 is 0 Å². The van der Waals surface area contributed by atoms with Crippen LogP contribution in [0.5, 0.6) is 0 Å². The van der Waals surface area contributed by atoms with Crippen molar-refractivity contribution in [3.05, 3.63) is 23.9 Å². The van der Waals surface area contributed by atoms with Crippen molar-refractivity contribution in [1.29, 1.82) is 5.26 Å². The number of rotatable bonds is 2. The number of likely N-dealkylation sites (N-methyl/N-ethyl adjacent to an activating group) is 1. The molecule has 0 amide bonds. The monoisotopic (exact) mass is 270 g/mol. The molecule has 20 heavy (non-hydrogen) atoms. The van der Waals surface area contributed by atoms with Crippen LogP contribution < -0.4 is 4.90 Å². The molecular weight excluding hydrogens is 256 g/mol. The van der Waals surface area contributed by atoms with E-state index in [0.29, 0.717) is 23.1 Å². The van der Waals surface area contributed by atoms with Gasteiger partial charge >= 0.3 is 0 Å². The summed E-state index contributed by atoms with van der Waals surface area (Å²) in [5.74, 6) is 0.975. The van der Waals surface area contributed by atoms with Crippen LogP contribution in [0.3, 0.4) is 0 Å². The zero-order valence-electron chi connectivity index (χ0n) is 11.2. The number of aromatic nitrogens is 3. The van der Waals surface area contributed by atoms with E-state index in [1.807, 2.05) is 6.07 Å². The summed E-state index contributed by atoms with van der Waals surface area (Å²) < 4.78 is 5.24. The lowest BCUT2D eigenvalue weighted by Crippen LogP contribution is -2.44. The van der Waals surface area contributed by atoms with E-state index in [0.717, 1.165) is 26.2 Å². The Morgan fingerprint density at radius 3 is 2.70 bits per heavy atom. The molecule has 0 aromatic carbocycles. The summed E-state index contributed by atoms with van der Waals surface area (Å²) in [6.07, 6.45) is 1.50. The molecule has 3 heterocycles. The van der Waals surface area contributed by atoms with Crippen molar-refractivity contribution in [1.82, 2.24) is 20.0 Å². The van der Waals surface area contributed by atoms with E-state index in [1.165, 1.54) is 6.20 Å². The topological polar surface area (TPSA) is 82.1 Å². The average molecular weight is 270 g/mol. The van der Waals surface area contributed by atoms with Gasteiger partial charge in [-0.15, -0.1) is 0 Å². The predicted octanol–water partition coefficient (Wildman–Crippen LogP) is 0.755. The average Bonchev–Trinajstić information content (AvgIpc) is 2.98. The van der Waals surface area contributed by atoms with Crippen molar-refractivity contribution in [2.45, 2.75) is 0 Å². The van der Waals surface area contributed by atoms with Gasteiger partial charge in [0.25, 0.3) is 11.8 Å². The van der Waals surface area contributed by atoms with Crippen molar-refractivity contribution < 1.29 is 4.52 Å². The smallest absolute Gasteiger partial charge is 0.278 e. The van der Waals surface area contributed by atoms with E-state index >= 15 is 0 Å². The van der Waals surface area contributed by atoms with Gasteiger partial charge in [0, 0.05) is 32.4 Å². The molecule has 0 spiro atoms. The largest absolute Gasteiger partial charge is 0.336 e. The van der Waals surface area contributed by atoms with Gasteiger partial charge in [-0.05, 0) is 24.3 Å². The predicted molar refractivity (Wildman–Crippen MR) is 72.0 cm³/mol. The van der Waals surface area contributed by atoms with E-state index in [4.69, 9.17) is 9.78 Å². The highest BCUT2D eigenvalue weighted by atomic mass is 16.5. The molecule has 1 aliphatic heterocycles. The maximum absolute atomic E-state index is 8.74. The molecule has 0 bridgehead atoms. The van der Waals surface area contributed by atoms with Gasteiger partial charge in [-0.2, -0.15) is 10.2 Å². The van der Waals surface area contributed by atoms with Gasteiger partial charge in [-0.1, -0.05) is 0 Å². The molecule has 3 rings (SSSR count). The van der Waals surface area contributed by atoms with Crippen molar-refractivity contribution >= 4 is 5.95 Å². The van der Waals surface area contributed by atoms with Crippen LogP contribution in [0.4, 0.5) is 5.95 Å². The lowest BCUT2D eigenvalue weighted by atomic mass is 10.3. The molecule has 0 N–H and O–H groups in total. The molecule has 7 nitrogen and oxygen atoms in total. The second kappa shape index (κ2) is 5.27. The van der Waals surface area contributed by atoms with Gasteiger partial charge in [-0.3, -0.25) is 0 Å². The Bertz CT molecular complexity index is 621. The summed E-state index contributed by atoms with van der Waals surface area (Å²) in [5.41, 5.74) is 1.09. The number of hydrogen-bond donors (Lipinski definition) is 0. The fourth-order valence-electron chi connectivity index (χ4n) is 2.04. The summed E-state index contributed by atoms with van der Waals surface area (Å²) in [6, 6.07) is 5.42. The van der Waals surface area contributed by atoms with Gasteiger partial charge in [-0.25, -0.2) is 4.98 Å². The molecule has 0 radical (unpaired) electrons. The molecule has 0 saturated carbocycles. The van der Waals surface area contributed by atoms with Crippen molar-refractivity contribution in [3.63, 3.8) is 0 Å². The highest BCUT2D eigenvalue weighted by Gasteiger charge is 2.19. The molecule has 0 aliphatic carbocycles. The highest BCUT2D eigenvalue weighted by Crippen LogP contribution is 2.19. The van der Waals surface area contributed by atoms with Crippen molar-refractivity contribution in [2.75, 3.05) is 38.1 Å². The maximum Gasteiger partial charge on any atom is 0.278 e. The Morgan fingerprint density at radius 2 is 2.05 bits per heavy atom. The fourth-order valence-corrected chi connectivity index (χ4v) is 2.04. The fraction of sp³-hybridized carbons (Fsp3) is 0.385. The van der Waals surface area contributed by atoms with E-state index in [1.54, 1.807) is 12.1 Å². The summed E-state index contributed by atoms with van der Waals surface area (Å²) in [6.45, 7) is 3.74. The first-order valence-corrected chi connectivity index (χ1v) is 6.40. The molecule has 1 fully saturated rings. The van der Waals surface area contributed by atoms with Crippen molar-refractivity contribution in [3.8, 4) is 17.7 Å². The van der Waals surface area contributed by atoms with Crippen molar-refractivity contribution in [2.24, 2.45) is 0 Å². The Hall–Kier alpha value is -2.46. The molecule has 0 unspecified atom stereocenters. The van der Waals surface area contributed by atoms with Crippen LogP contribution in [0, 0.1) is 11.3 Å². The molecule has 1 saturated heterocycles. The molecule has 0 atom stereocenters. The minimum atomic E-state index is 0.378. The van der Waals surface area contributed by atoms with Gasteiger partial charge in [0.1, 0.15) is 11.8 Å². The normalized spacial score (nSPS) is 16.1. The first-order chi connectivity index (χ1) is 9.76. The van der Waals surface area contributed by atoms with Gasteiger partial charge in [0.2, 0.25) is 0 Å². The number of anilines is 1.